The molecule has 0 unspecified atom stereocenters. The second kappa shape index (κ2) is 11.3. The van der Waals surface area contributed by atoms with E-state index >= 15 is 0 Å². The SMILES string of the molecule is O=C(Nc1cccc(NC(=O)C2CCCCC2)c1)c1ccc(OCCc2ccccc2)cc1. The summed E-state index contributed by atoms with van der Waals surface area (Å²) in [6, 6.07) is 24.6. The van der Waals surface area contributed by atoms with Gasteiger partial charge in [-0.3, -0.25) is 9.59 Å². The third-order valence-corrected chi connectivity index (χ3v) is 5.98. The van der Waals surface area contributed by atoms with Gasteiger partial charge < -0.3 is 15.4 Å². The fourth-order valence-corrected chi connectivity index (χ4v) is 4.12. The van der Waals surface area contributed by atoms with E-state index in [2.05, 4.69) is 22.8 Å². The van der Waals surface area contributed by atoms with Gasteiger partial charge in [-0.2, -0.15) is 0 Å². The minimum atomic E-state index is -0.207. The summed E-state index contributed by atoms with van der Waals surface area (Å²) in [5.74, 6) is 0.683. The van der Waals surface area contributed by atoms with Crippen molar-refractivity contribution in [3.63, 3.8) is 0 Å². The third-order valence-electron chi connectivity index (χ3n) is 5.98. The smallest absolute Gasteiger partial charge is 0.255 e. The predicted molar refractivity (Wildman–Crippen MR) is 132 cm³/mol. The van der Waals surface area contributed by atoms with Crippen LogP contribution in [-0.2, 0) is 11.2 Å². The Kier molecular flexibility index (Phi) is 7.75. The van der Waals surface area contributed by atoms with E-state index in [9.17, 15) is 9.59 Å². The van der Waals surface area contributed by atoms with Crippen molar-refractivity contribution in [3.8, 4) is 5.75 Å². The molecule has 2 amide bonds. The average molecular weight is 443 g/mol. The number of amides is 2. The normalized spacial score (nSPS) is 13.8. The van der Waals surface area contributed by atoms with Crippen LogP contribution in [0.4, 0.5) is 11.4 Å². The maximum absolute atomic E-state index is 12.7. The van der Waals surface area contributed by atoms with Crippen LogP contribution in [-0.4, -0.2) is 18.4 Å². The highest BCUT2D eigenvalue weighted by Gasteiger charge is 2.21. The van der Waals surface area contributed by atoms with Gasteiger partial charge in [-0.1, -0.05) is 55.7 Å². The van der Waals surface area contributed by atoms with Crippen molar-refractivity contribution < 1.29 is 14.3 Å². The Morgan fingerprint density at radius 3 is 2.21 bits per heavy atom. The van der Waals surface area contributed by atoms with Crippen LogP contribution in [0.5, 0.6) is 5.75 Å². The lowest BCUT2D eigenvalue weighted by molar-refractivity contribution is -0.120. The molecule has 0 saturated heterocycles. The molecule has 1 aliphatic rings. The number of nitrogens with one attached hydrogen (secondary N) is 2. The summed E-state index contributed by atoms with van der Waals surface area (Å²) in [6.07, 6.45) is 6.18. The molecule has 0 radical (unpaired) electrons. The van der Waals surface area contributed by atoms with E-state index in [0.717, 1.165) is 37.9 Å². The molecule has 1 saturated carbocycles. The fraction of sp³-hybridized carbons (Fsp3) is 0.286. The molecule has 0 atom stereocenters. The van der Waals surface area contributed by atoms with E-state index in [0.29, 0.717) is 23.5 Å². The molecular formula is C28H30N2O3. The lowest BCUT2D eigenvalue weighted by Crippen LogP contribution is -2.24. The zero-order valence-electron chi connectivity index (χ0n) is 18.8. The van der Waals surface area contributed by atoms with E-state index in [1.165, 1.54) is 12.0 Å². The molecule has 3 aromatic carbocycles. The van der Waals surface area contributed by atoms with E-state index in [-0.39, 0.29) is 17.7 Å². The highest BCUT2D eigenvalue weighted by molar-refractivity contribution is 6.04. The Hall–Kier alpha value is -3.60. The van der Waals surface area contributed by atoms with Gasteiger partial charge in [-0.15, -0.1) is 0 Å². The summed E-state index contributed by atoms with van der Waals surface area (Å²) in [5, 5.41) is 5.90. The van der Waals surface area contributed by atoms with Crippen molar-refractivity contribution in [2.75, 3.05) is 17.2 Å². The van der Waals surface area contributed by atoms with Gasteiger partial charge in [-0.05, 0) is 60.9 Å². The number of hydrogen-bond donors (Lipinski definition) is 2. The van der Waals surface area contributed by atoms with Gasteiger partial charge in [0.2, 0.25) is 5.91 Å². The Morgan fingerprint density at radius 2 is 1.48 bits per heavy atom. The second-order valence-corrected chi connectivity index (χ2v) is 8.47. The maximum Gasteiger partial charge on any atom is 0.255 e. The summed E-state index contributed by atoms with van der Waals surface area (Å²) in [5.41, 5.74) is 3.11. The van der Waals surface area contributed by atoms with Gasteiger partial charge in [0, 0.05) is 29.3 Å². The van der Waals surface area contributed by atoms with Crippen LogP contribution in [0.15, 0.2) is 78.9 Å². The molecular weight excluding hydrogens is 412 g/mol. The molecule has 5 nitrogen and oxygen atoms in total. The number of rotatable bonds is 8. The van der Waals surface area contributed by atoms with Crippen LogP contribution >= 0.6 is 0 Å². The Bertz CT molecular complexity index is 1060. The van der Waals surface area contributed by atoms with Gasteiger partial charge >= 0.3 is 0 Å². The molecule has 1 fully saturated rings. The number of anilines is 2. The molecule has 33 heavy (non-hydrogen) atoms. The van der Waals surface area contributed by atoms with Crippen molar-refractivity contribution in [1.29, 1.82) is 0 Å². The van der Waals surface area contributed by atoms with Gasteiger partial charge in [0.05, 0.1) is 6.61 Å². The Labute approximate surface area is 195 Å². The van der Waals surface area contributed by atoms with Crippen LogP contribution in [0.3, 0.4) is 0 Å². The topological polar surface area (TPSA) is 67.4 Å². The maximum atomic E-state index is 12.7. The average Bonchev–Trinajstić information content (AvgIpc) is 2.86. The van der Waals surface area contributed by atoms with Crippen LogP contribution in [0, 0.1) is 5.92 Å². The molecule has 0 bridgehead atoms. The van der Waals surface area contributed by atoms with E-state index in [1.807, 2.05) is 36.4 Å². The molecule has 0 aliphatic heterocycles. The molecule has 2 N–H and O–H groups in total. The molecule has 0 heterocycles. The first kappa shape index (κ1) is 22.6. The lowest BCUT2D eigenvalue weighted by Gasteiger charge is -2.20. The van der Waals surface area contributed by atoms with Gasteiger partial charge in [-0.25, -0.2) is 0 Å². The molecule has 4 rings (SSSR count). The summed E-state index contributed by atoms with van der Waals surface area (Å²) < 4.78 is 5.79. The van der Waals surface area contributed by atoms with Crippen molar-refractivity contribution in [3.05, 3.63) is 90.0 Å². The second-order valence-electron chi connectivity index (χ2n) is 8.47. The van der Waals surface area contributed by atoms with Crippen molar-refractivity contribution >= 4 is 23.2 Å². The summed E-state index contributed by atoms with van der Waals surface area (Å²) >= 11 is 0. The zero-order chi connectivity index (χ0) is 22.9. The largest absolute Gasteiger partial charge is 0.493 e. The summed E-state index contributed by atoms with van der Waals surface area (Å²) in [6.45, 7) is 0.578. The van der Waals surface area contributed by atoms with Crippen LogP contribution in [0.1, 0.15) is 48.0 Å². The van der Waals surface area contributed by atoms with E-state index < -0.39 is 0 Å². The summed E-state index contributed by atoms with van der Waals surface area (Å²) in [7, 11) is 0. The van der Waals surface area contributed by atoms with Crippen molar-refractivity contribution in [2.45, 2.75) is 38.5 Å². The number of hydrogen-bond acceptors (Lipinski definition) is 3. The first-order valence-electron chi connectivity index (χ1n) is 11.7. The van der Waals surface area contributed by atoms with Crippen molar-refractivity contribution in [2.24, 2.45) is 5.92 Å². The zero-order valence-corrected chi connectivity index (χ0v) is 18.8. The fourth-order valence-electron chi connectivity index (χ4n) is 4.12. The monoisotopic (exact) mass is 442 g/mol. The quantitative estimate of drug-likeness (QED) is 0.444. The summed E-state index contributed by atoms with van der Waals surface area (Å²) in [4.78, 5) is 25.2. The molecule has 170 valence electrons. The lowest BCUT2D eigenvalue weighted by atomic mass is 9.88. The minimum absolute atomic E-state index is 0.0704. The van der Waals surface area contributed by atoms with Crippen LogP contribution in [0.2, 0.25) is 0 Å². The van der Waals surface area contributed by atoms with Gasteiger partial charge in [0.25, 0.3) is 5.91 Å². The van der Waals surface area contributed by atoms with Gasteiger partial charge in [0.1, 0.15) is 5.75 Å². The molecule has 3 aromatic rings. The highest BCUT2D eigenvalue weighted by Crippen LogP contribution is 2.25. The minimum Gasteiger partial charge on any atom is -0.493 e. The standard InChI is InChI=1S/C28H30N2O3/c31-27(22-10-5-2-6-11-22)29-24-12-7-13-25(20-24)30-28(32)23-14-16-26(17-15-23)33-19-18-21-8-3-1-4-9-21/h1,3-4,7-9,12-17,20,22H,2,5-6,10-11,18-19H2,(H,29,31)(H,30,32). The third kappa shape index (κ3) is 6.69. The highest BCUT2D eigenvalue weighted by atomic mass is 16.5. The Balaban J connectivity index is 1.28. The number of ether oxygens (including phenoxy) is 1. The van der Waals surface area contributed by atoms with E-state index in [4.69, 9.17) is 4.74 Å². The van der Waals surface area contributed by atoms with E-state index in [1.54, 1.807) is 30.3 Å². The molecule has 1 aliphatic carbocycles. The van der Waals surface area contributed by atoms with Crippen molar-refractivity contribution in [1.82, 2.24) is 0 Å². The first-order chi connectivity index (χ1) is 16.2. The molecule has 5 heteroatoms. The van der Waals surface area contributed by atoms with Crippen LogP contribution < -0.4 is 15.4 Å². The number of carbonyl (C=O) groups is 2. The predicted octanol–water partition coefficient (Wildman–Crippen LogP) is 6.08. The number of benzene rings is 3. The Morgan fingerprint density at radius 1 is 0.788 bits per heavy atom. The van der Waals surface area contributed by atoms with Gasteiger partial charge in [0.15, 0.2) is 0 Å². The molecule has 0 aromatic heterocycles. The molecule has 0 spiro atoms. The number of carbonyl (C=O) groups excluding carboxylic acids is 2. The van der Waals surface area contributed by atoms with Crippen LogP contribution in [0.25, 0.3) is 0 Å². The first-order valence-corrected chi connectivity index (χ1v) is 11.7.